The van der Waals surface area contributed by atoms with Gasteiger partial charge in [0, 0.05) is 43.6 Å². The molecular formula is C13H20N4. The molecule has 2 bridgehead atoms. The van der Waals surface area contributed by atoms with Crippen molar-refractivity contribution >= 4 is 5.82 Å². The summed E-state index contributed by atoms with van der Waals surface area (Å²) in [7, 11) is 0. The van der Waals surface area contributed by atoms with Gasteiger partial charge in [0.05, 0.1) is 5.69 Å². The van der Waals surface area contributed by atoms with Crippen LogP contribution >= 0.6 is 0 Å². The zero-order valence-electron chi connectivity index (χ0n) is 10.8. The van der Waals surface area contributed by atoms with Crippen LogP contribution in [0.2, 0.25) is 0 Å². The predicted molar refractivity (Wildman–Crippen MR) is 68.2 cm³/mol. The van der Waals surface area contributed by atoms with Crippen LogP contribution < -0.4 is 4.90 Å². The fraction of sp³-hybridized carbons (Fsp3) is 0.692. The molecule has 2 unspecified atom stereocenters. The Bertz CT molecular complexity index is 418. The van der Waals surface area contributed by atoms with E-state index < -0.39 is 0 Å². The van der Waals surface area contributed by atoms with Crippen molar-refractivity contribution in [2.24, 2.45) is 0 Å². The van der Waals surface area contributed by atoms with E-state index in [2.05, 4.69) is 40.5 Å². The predicted octanol–water partition coefficient (Wildman–Crippen LogP) is 1.46. The lowest BCUT2D eigenvalue weighted by molar-refractivity contribution is 0.191. The van der Waals surface area contributed by atoms with Crippen molar-refractivity contribution < 1.29 is 0 Å². The number of hydrogen-bond acceptors (Lipinski definition) is 4. The van der Waals surface area contributed by atoms with Crippen LogP contribution in [0.25, 0.3) is 0 Å². The van der Waals surface area contributed by atoms with Gasteiger partial charge in [-0.3, -0.25) is 9.88 Å². The lowest BCUT2D eigenvalue weighted by atomic mass is 10.2. The second kappa shape index (κ2) is 3.95. The van der Waals surface area contributed by atoms with Crippen molar-refractivity contribution in [3.63, 3.8) is 0 Å². The molecule has 0 aliphatic carbocycles. The summed E-state index contributed by atoms with van der Waals surface area (Å²) in [4.78, 5) is 13.9. The van der Waals surface area contributed by atoms with Gasteiger partial charge in [-0.15, -0.1) is 0 Å². The topological polar surface area (TPSA) is 32.3 Å². The summed E-state index contributed by atoms with van der Waals surface area (Å²) in [6.07, 6.45) is 4.86. The average molecular weight is 232 g/mol. The van der Waals surface area contributed by atoms with Gasteiger partial charge in [0.15, 0.2) is 0 Å². The van der Waals surface area contributed by atoms with E-state index in [1.165, 1.54) is 13.0 Å². The van der Waals surface area contributed by atoms with E-state index in [1.807, 2.05) is 0 Å². The minimum atomic E-state index is 0.637. The average Bonchev–Trinajstić information content (AvgIpc) is 2.88. The first-order valence-corrected chi connectivity index (χ1v) is 6.47. The molecule has 3 rings (SSSR count). The number of aryl methyl sites for hydroxylation is 1. The van der Waals surface area contributed by atoms with E-state index in [4.69, 9.17) is 0 Å². The lowest BCUT2D eigenvalue weighted by Crippen LogP contribution is -2.49. The van der Waals surface area contributed by atoms with Gasteiger partial charge in [0.25, 0.3) is 0 Å². The van der Waals surface area contributed by atoms with Crippen molar-refractivity contribution in [1.29, 1.82) is 0 Å². The molecule has 0 spiro atoms. The SMILES string of the molecule is Cc1nccnc1N1CC2CC1CN2C(C)C. The number of anilines is 1. The Kier molecular flexibility index (Phi) is 2.54. The molecule has 4 nitrogen and oxygen atoms in total. The Morgan fingerprint density at radius 3 is 2.53 bits per heavy atom. The number of hydrogen-bond donors (Lipinski definition) is 0. The summed E-state index contributed by atoms with van der Waals surface area (Å²) >= 11 is 0. The Hall–Kier alpha value is -1.16. The number of nitrogens with zero attached hydrogens (tertiary/aromatic N) is 4. The van der Waals surface area contributed by atoms with Crippen molar-refractivity contribution in [2.75, 3.05) is 18.0 Å². The van der Waals surface area contributed by atoms with E-state index >= 15 is 0 Å². The van der Waals surface area contributed by atoms with Crippen LogP contribution in [0, 0.1) is 6.92 Å². The second-order valence-electron chi connectivity index (χ2n) is 5.45. The van der Waals surface area contributed by atoms with Gasteiger partial charge in [0.1, 0.15) is 5.82 Å². The van der Waals surface area contributed by atoms with Gasteiger partial charge in [-0.2, -0.15) is 0 Å². The zero-order chi connectivity index (χ0) is 12.0. The maximum absolute atomic E-state index is 4.49. The molecule has 92 valence electrons. The fourth-order valence-corrected chi connectivity index (χ4v) is 3.27. The molecule has 2 aliphatic rings. The normalized spacial score (nSPS) is 28.4. The van der Waals surface area contributed by atoms with Crippen LogP contribution in [0.15, 0.2) is 12.4 Å². The number of fused-ring (bicyclic) bond motifs is 2. The molecule has 0 radical (unpaired) electrons. The van der Waals surface area contributed by atoms with E-state index in [9.17, 15) is 0 Å². The smallest absolute Gasteiger partial charge is 0.150 e. The summed E-state index contributed by atoms with van der Waals surface area (Å²) in [5.74, 6) is 1.09. The van der Waals surface area contributed by atoms with E-state index in [1.54, 1.807) is 12.4 Å². The van der Waals surface area contributed by atoms with Crippen LogP contribution in [-0.4, -0.2) is 46.1 Å². The van der Waals surface area contributed by atoms with Crippen molar-refractivity contribution in [3.05, 3.63) is 18.1 Å². The third-order valence-corrected chi connectivity index (χ3v) is 4.07. The molecule has 3 heterocycles. The van der Waals surface area contributed by atoms with Crippen molar-refractivity contribution in [1.82, 2.24) is 14.9 Å². The van der Waals surface area contributed by atoms with Gasteiger partial charge in [0.2, 0.25) is 0 Å². The maximum Gasteiger partial charge on any atom is 0.150 e. The first-order valence-electron chi connectivity index (χ1n) is 6.47. The van der Waals surface area contributed by atoms with Gasteiger partial charge in [-0.25, -0.2) is 4.98 Å². The zero-order valence-corrected chi connectivity index (χ0v) is 10.8. The highest BCUT2D eigenvalue weighted by atomic mass is 15.4. The largest absolute Gasteiger partial charge is 0.349 e. The summed E-state index contributed by atoms with van der Waals surface area (Å²) < 4.78 is 0. The van der Waals surface area contributed by atoms with Gasteiger partial charge < -0.3 is 4.90 Å². The number of piperazine rings is 1. The minimum Gasteiger partial charge on any atom is -0.349 e. The lowest BCUT2D eigenvalue weighted by Gasteiger charge is -2.37. The van der Waals surface area contributed by atoms with E-state index in [-0.39, 0.29) is 0 Å². The van der Waals surface area contributed by atoms with Crippen LogP contribution in [0.3, 0.4) is 0 Å². The van der Waals surface area contributed by atoms with Crippen LogP contribution in [0.4, 0.5) is 5.82 Å². The molecule has 0 N–H and O–H groups in total. The van der Waals surface area contributed by atoms with Crippen LogP contribution in [0.1, 0.15) is 26.0 Å². The molecule has 2 fully saturated rings. The summed E-state index contributed by atoms with van der Waals surface area (Å²) in [6.45, 7) is 8.92. The third-order valence-electron chi connectivity index (χ3n) is 4.07. The van der Waals surface area contributed by atoms with Crippen LogP contribution in [0.5, 0.6) is 0 Å². The third kappa shape index (κ3) is 1.71. The Balaban J connectivity index is 1.81. The molecule has 17 heavy (non-hydrogen) atoms. The molecule has 1 aromatic heterocycles. The van der Waals surface area contributed by atoms with Crippen LogP contribution in [-0.2, 0) is 0 Å². The molecular weight excluding hydrogens is 212 g/mol. The standard InChI is InChI=1S/C13H20N4/c1-9(2)16-7-12-6-11(16)8-17(12)13-10(3)14-4-5-15-13/h4-5,9,11-12H,6-8H2,1-3H3. The minimum absolute atomic E-state index is 0.637. The highest BCUT2D eigenvalue weighted by molar-refractivity contribution is 5.46. The molecule has 2 saturated heterocycles. The molecule has 0 saturated carbocycles. The van der Waals surface area contributed by atoms with E-state index in [0.717, 1.165) is 18.1 Å². The van der Waals surface area contributed by atoms with Gasteiger partial charge in [-0.05, 0) is 27.2 Å². The Morgan fingerprint density at radius 1 is 1.18 bits per heavy atom. The summed E-state index contributed by atoms with van der Waals surface area (Å²) in [5, 5.41) is 0. The first-order chi connectivity index (χ1) is 8.16. The van der Waals surface area contributed by atoms with Crippen molar-refractivity contribution in [3.8, 4) is 0 Å². The second-order valence-corrected chi connectivity index (χ2v) is 5.45. The molecule has 0 amide bonds. The van der Waals surface area contributed by atoms with Gasteiger partial charge in [-0.1, -0.05) is 0 Å². The number of aromatic nitrogens is 2. The first kappa shape index (κ1) is 11.0. The van der Waals surface area contributed by atoms with Crippen molar-refractivity contribution in [2.45, 2.75) is 45.3 Å². The summed E-state index contributed by atoms with van der Waals surface area (Å²) in [6, 6.07) is 2.01. The van der Waals surface area contributed by atoms with E-state index in [0.29, 0.717) is 18.1 Å². The summed E-state index contributed by atoms with van der Waals surface area (Å²) in [5.41, 5.74) is 1.05. The fourth-order valence-electron chi connectivity index (χ4n) is 3.27. The maximum atomic E-state index is 4.49. The Labute approximate surface area is 103 Å². The molecule has 2 aliphatic heterocycles. The quantitative estimate of drug-likeness (QED) is 0.772. The molecule has 2 atom stereocenters. The number of rotatable bonds is 2. The van der Waals surface area contributed by atoms with Gasteiger partial charge >= 0.3 is 0 Å². The molecule has 4 heteroatoms. The molecule has 0 aromatic carbocycles. The highest BCUT2D eigenvalue weighted by Gasteiger charge is 2.44. The molecule has 1 aromatic rings. The monoisotopic (exact) mass is 232 g/mol. The Morgan fingerprint density at radius 2 is 1.94 bits per heavy atom. The highest BCUT2D eigenvalue weighted by Crippen LogP contribution is 2.35. The number of likely N-dealkylation sites (tertiary alicyclic amines) is 1.